The molecule has 0 saturated heterocycles. The smallest absolute Gasteiger partial charge is 0.305 e. The van der Waals surface area contributed by atoms with E-state index in [9.17, 15) is 19.5 Å². The Kier molecular flexibility index (Phi) is 9.89. The van der Waals surface area contributed by atoms with Crippen molar-refractivity contribution in [2.45, 2.75) is 40.2 Å². The van der Waals surface area contributed by atoms with Crippen molar-refractivity contribution in [3.8, 4) is 0 Å². The maximum Gasteiger partial charge on any atom is 0.305 e. The number of aliphatic hydroxyl groups is 2. The number of aliphatic hydroxyl groups excluding tert-OH is 2. The van der Waals surface area contributed by atoms with Gasteiger partial charge < -0.3 is 25.4 Å². The van der Waals surface area contributed by atoms with E-state index in [-0.39, 0.29) is 25.4 Å². The average molecular weight is 277 g/mol. The molecule has 0 heterocycles. The number of hydrogen-bond donors (Lipinski definition) is 4. The zero-order chi connectivity index (χ0) is 15.6. The first kappa shape index (κ1) is 19.9. The fraction of sp³-hybridized carbons (Fsp3) is 0.750. The van der Waals surface area contributed by atoms with Gasteiger partial charge in [-0.05, 0) is 13.8 Å². The monoisotopic (exact) mass is 277 g/mol. The van der Waals surface area contributed by atoms with Crippen molar-refractivity contribution in [2.24, 2.45) is 5.41 Å². The molecule has 1 unspecified atom stereocenters. The van der Waals surface area contributed by atoms with Gasteiger partial charge >= 0.3 is 5.97 Å². The van der Waals surface area contributed by atoms with E-state index in [2.05, 4.69) is 5.32 Å². The molecule has 19 heavy (non-hydrogen) atoms. The number of ketones is 1. The number of aliphatic carboxylic acids is 1. The van der Waals surface area contributed by atoms with Gasteiger partial charge in [-0.3, -0.25) is 9.59 Å². The summed E-state index contributed by atoms with van der Waals surface area (Å²) in [6.07, 6.45) is -1.55. The summed E-state index contributed by atoms with van der Waals surface area (Å²) in [5.41, 5.74) is -0.937. The van der Waals surface area contributed by atoms with Crippen LogP contribution in [-0.4, -0.2) is 52.2 Å². The Labute approximate surface area is 112 Å². The molecule has 1 atom stereocenters. The predicted molar refractivity (Wildman–Crippen MR) is 68.5 cm³/mol. The molecule has 0 aliphatic heterocycles. The minimum Gasteiger partial charge on any atom is -0.481 e. The summed E-state index contributed by atoms with van der Waals surface area (Å²) in [5, 5.41) is 29.0. The molecular formula is C12H23NO6. The Morgan fingerprint density at radius 3 is 1.95 bits per heavy atom. The van der Waals surface area contributed by atoms with Crippen LogP contribution in [0.1, 0.15) is 34.1 Å². The molecule has 0 aromatic heterocycles. The van der Waals surface area contributed by atoms with Crippen molar-refractivity contribution in [1.82, 2.24) is 5.32 Å². The van der Waals surface area contributed by atoms with E-state index in [0.717, 1.165) is 0 Å². The van der Waals surface area contributed by atoms with Gasteiger partial charge in [0.1, 0.15) is 11.9 Å². The number of Topliss-reactive ketones (excluding diaryl/α,β-unsaturated/α-hetero) is 1. The van der Waals surface area contributed by atoms with Gasteiger partial charge in [0.05, 0.1) is 13.0 Å². The summed E-state index contributed by atoms with van der Waals surface area (Å²) in [7, 11) is 0. The van der Waals surface area contributed by atoms with Crippen LogP contribution in [0.4, 0.5) is 0 Å². The Balaban J connectivity index is 0. The molecule has 0 aromatic carbocycles. The van der Waals surface area contributed by atoms with E-state index >= 15 is 0 Å². The molecule has 0 aliphatic carbocycles. The van der Waals surface area contributed by atoms with Crippen molar-refractivity contribution in [3.05, 3.63) is 0 Å². The van der Waals surface area contributed by atoms with E-state index in [4.69, 9.17) is 10.2 Å². The molecule has 0 aromatic rings. The molecule has 7 nitrogen and oxygen atoms in total. The van der Waals surface area contributed by atoms with Gasteiger partial charge in [0.15, 0.2) is 0 Å². The van der Waals surface area contributed by atoms with Gasteiger partial charge in [0.25, 0.3) is 0 Å². The summed E-state index contributed by atoms with van der Waals surface area (Å²) in [6.45, 7) is 5.76. The minimum absolute atomic E-state index is 0.0350. The van der Waals surface area contributed by atoms with Gasteiger partial charge in [-0.25, -0.2) is 0 Å². The van der Waals surface area contributed by atoms with Crippen molar-refractivity contribution < 1.29 is 29.7 Å². The van der Waals surface area contributed by atoms with E-state index in [1.807, 2.05) is 0 Å². The normalized spacial score (nSPS) is 11.9. The van der Waals surface area contributed by atoms with Crippen LogP contribution in [0.3, 0.4) is 0 Å². The lowest BCUT2D eigenvalue weighted by atomic mass is 9.87. The molecule has 1 amide bonds. The topological polar surface area (TPSA) is 124 Å². The predicted octanol–water partition coefficient (Wildman–Crippen LogP) is -0.448. The van der Waals surface area contributed by atoms with E-state index in [1.54, 1.807) is 0 Å². The molecule has 0 spiro atoms. The van der Waals surface area contributed by atoms with Gasteiger partial charge in [-0.15, -0.1) is 0 Å². The number of amides is 1. The highest BCUT2D eigenvalue weighted by Crippen LogP contribution is 2.19. The lowest BCUT2D eigenvalue weighted by Crippen LogP contribution is -2.45. The van der Waals surface area contributed by atoms with E-state index < -0.39 is 23.4 Å². The number of carbonyl (C=O) groups excluding carboxylic acids is 2. The van der Waals surface area contributed by atoms with Crippen LogP contribution in [0, 0.1) is 5.41 Å². The second-order valence-corrected chi connectivity index (χ2v) is 4.89. The van der Waals surface area contributed by atoms with Crippen molar-refractivity contribution in [1.29, 1.82) is 0 Å². The van der Waals surface area contributed by atoms with Crippen LogP contribution in [0.2, 0.25) is 0 Å². The lowest BCUT2D eigenvalue weighted by molar-refractivity contribution is -0.138. The molecule has 7 heteroatoms. The zero-order valence-corrected chi connectivity index (χ0v) is 11.8. The molecule has 0 fully saturated rings. The Hall–Kier alpha value is -1.47. The first-order valence-corrected chi connectivity index (χ1v) is 5.80. The highest BCUT2D eigenvalue weighted by molar-refractivity contribution is 5.81. The number of carbonyl (C=O) groups is 3. The lowest BCUT2D eigenvalue weighted by Gasteiger charge is -2.26. The number of rotatable bonds is 6. The van der Waals surface area contributed by atoms with E-state index in [0.29, 0.717) is 0 Å². The molecule has 0 aliphatic rings. The maximum absolute atomic E-state index is 11.3. The third kappa shape index (κ3) is 11.4. The first-order chi connectivity index (χ1) is 8.54. The second-order valence-electron chi connectivity index (χ2n) is 4.89. The summed E-state index contributed by atoms with van der Waals surface area (Å²) in [5.74, 6) is -1.53. The Morgan fingerprint density at radius 2 is 1.63 bits per heavy atom. The van der Waals surface area contributed by atoms with Gasteiger partial charge in [0, 0.05) is 12.0 Å². The van der Waals surface area contributed by atoms with Gasteiger partial charge in [0.2, 0.25) is 5.91 Å². The van der Waals surface area contributed by atoms with Crippen LogP contribution >= 0.6 is 0 Å². The van der Waals surface area contributed by atoms with Crippen LogP contribution in [0.5, 0.6) is 0 Å². The highest BCUT2D eigenvalue weighted by Gasteiger charge is 2.32. The number of nitrogens with one attached hydrogen (secondary N) is 1. The van der Waals surface area contributed by atoms with Crippen LogP contribution in [0.25, 0.3) is 0 Å². The number of hydrogen-bond acceptors (Lipinski definition) is 5. The summed E-state index contributed by atoms with van der Waals surface area (Å²) in [4.78, 5) is 30.9. The van der Waals surface area contributed by atoms with Crippen LogP contribution < -0.4 is 5.32 Å². The fourth-order valence-electron chi connectivity index (χ4n) is 0.831. The van der Waals surface area contributed by atoms with Crippen LogP contribution in [0.15, 0.2) is 0 Å². The summed E-state index contributed by atoms with van der Waals surface area (Å²) < 4.78 is 0. The first-order valence-electron chi connectivity index (χ1n) is 5.80. The van der Waals surface area contributed by atoms with Crippen molar-refractivity contribution in [3.63, 3.8) is 0 Å². The van der Waals surface area contributed by atoms with Gasteiger partial charge in [-0.1, -0.05) is 13.8 Å². The number of carboxylic acids is 1. The van der Waals surface area contributed by atoms with Crippen molar-refractivity contribution in [2.75, 3.05) is 13.2 Å². The average Bonchev–Trinajstić information content (AvgIpc) is 2.26. The molecular weight excluding hydrogens is 254 g/mol. The van der Waals surface area contributed by atoms with Crippen LogP contribution in [-0.2, 0) is 14.4 Å². The molecule has 0 bridgehead atoms. The molecule has 112 valence electrons. The summed E-state index contributed by atoms with van der Waals surface area (Å²) in [6, 6.07) is 0. The zero-order valence-electron chi connectivity index (χ0n) is 11.8. The summed E-state index contributed by atoms with van der Waals surface area (Å²) >= 11 is 0. The minimum atomic E-state index is -1.35. The quantitative estimate of drug-likeness (QED) is 0.521. The fourth-order valence-corrected chi connectivity index (χ4v) is 0.831. The SMILES string of the molecule is CC(C)(CO)C(O)C(=O)NCCC(=O)O.CC(C)=O. The van der Waals surface area contributed by atoms with E-state index in [1.165, 1.54) is 27.7 Å². The van der Waals surface area contributed by atoms with Gasteiger partial charge in [-0.2, -0.15) is 0 Å². The third-order valence-electron chi connectivity index (χ3n) is 2.03. The molecule has 0 saturated carbocycles. The molecule has 4 N–H and O–H groups in total. The van der Waals surface area contributed by atoms with Crippen molar-refractivity contribution >= 4 is 17.7 Å². The highest BCUT2D eigenvalue weighted by atomic mass is 16.4. The number of carboxylic acid groups (broad SMARTS) is 1. The second kappa shape index (κ2) is 9.46. The Morgan fingerprint density at radius 1 is 1.21 bits per heavy atom. The standard InChI is InChI=1S/C9H17NO5.C3H6O/c1-9(2,5-11)7(14)8(15)10-4-3-6(12)13;1-3(2)4/h7,11,14H,3-5H2,1-2H3,(H,10,15)(H,12,13);1-2H3. The maximum atomic E-state index is 11.3. The molecule has 0 rings (SSSR count). The third-order valence-corrected chi connectivity index (χ3v) is 2.03. The Bertz CT molecular complexity index is 309. The largest absolute Gasteiger partial charge is 0.481 e. The molecule has 0 radical (unpaired) electrons.